The van der Waals surface area contributed by atoms with Gasteiger partial charge in [-0.2, -0.15) is 0 Å². The number of hydrogen-bond acceptors (Lipinski definition) is 3. The Labute approximate surface area is 89.5 Å². The average molecular weight is 216 g/mol. The molecule has 14 heavy (non-hydrogen) atoms. The number of aryl methyl sites for hydroxylation is 1. The van der Waals surface area contributed by atoms with Gasteiger partial charge in [0.05, 0.1) is 6.54 Å². The molecule has 0 fully saturated rings. The maximum Gasteiger partial charge on any atom is 0.239 e. The SMILES string of the molecule is CNCC(=O)Nc1cc(C)ccn1.Cl. The molecular weight excluding hydrogens is 202 g/mol. The predicted molar refractivity (Wildman–Crippen MR) is 58.8 cm³/mol. The third-order valence-electron chi connectivity index (χ3n) is 1.52. The van der Waals surface area contributed by atoms with Gasteiger partial charge in [0.2, 0.25) is 5.91 Å². The Kier molecular flexibility index (Phi) is 5.83. The van der Waals surface area contributed by atoms with Crippen molar-refractivity contribution < 1.29 is 4.79 Å². The number of hydrogen-bond donors (Lipinski definition) is 2. The zero-order chi connectivity index (χ0) is 9.68. The number of anilines is 1. The molecule has 0 aliphatic heterocycles. The summed E-state index contributed by atoms with van der Waals surface area (Å²) >= 11 is 0. The largest absolute Gasteiger partial charge is 0.311 e. The molecule has 0 radical (unpaired) electrons. The minimum atomic E-state index is -0.0828. The fourth-order valence-corrected chi connectivity index (χ4v) is 0.952. The lowest BCUT2D eigenvalue weighted by molar-refractivity contribution is -0.115. The van der Waals surface area contributed by atoms with Crippen LogP contribution >= 0.6 is 12.4 Å². The van der Waals surface area contributed by atoms with Crippen molar-refractivity contribution in [2.75, 3.05) is 18.9 Å². The Balaban J connectivity index is 0.00000169. The van der Waals surface area contributed by atoms with Crippen molar-refractivity contribution in [3.8, 4) is 0 Å². The van der Waals surface area contributed by atoms with Gasteiger partial charge in [0.25, 0.3) is 0 Å². The van der Waals surface area contributed by atoms with Crippen molar-refractivity contribution in [1.29, 1.82) is 0 Å². The molecule has 1 rings (SSSR count). The van der Waals surface area contributed by atoms with Crippen LogP contribution in [-0.2, 0) is 4.79 Å². The number of rotatable bonds is 3. The Morgan fingerprint density at radius 3 is 2.86 bits per heavy atom. The third kappa shape index (κ3) is 4.20. The van der Waals surface area contributed by atoms with Gasteiger partial charge < -0.3 is 10.6 Å². The Bertz CT molecular complexity index is 304. The molecule has 4 nitrogen and oxygen atoms in total. The van der Waals surface area contributed by atoms with Crippen LogP contribution in [0.1, 0.15) is 5.56 Å². The van der Waals surface area contributed by atoms with Gasteiger partial charge in [0.15, 0.2) is 0 Å². The smallest absolute Gasteiger partial charge is 0.239 e. The molecular formula is C9H14ClN3O. The molecule has 5 heteroatoms. The summed E-state index contributed by atoms with van der Waals surface area (Å²) in [7, 11) is 1.73. The normalized spacial score (nSPS) is 9.00. The molecule has 0 spiro atoms. The summed E-state index contributed by atoms with van der Waals surface area (Å²) in [6.45, 7) is 2.25. The maximum absolute atomic E-state index is 11.1. The molecule has 0 bridgehead atoms. The van der Waals surface area contributed by atoms with Gasteiger partial charge in [-0.25, -0.2) is 4.98 Å². The first-order valence-corrected chi connectivity index (χ1v) is 4.09. The minimum Gasteiger partial charge on any atom is -0.311 e. The molecule has 0 aromatic carbocycles. The Hall–Kier alpha value is -1.13. The number of carbonyl (C=O) groups is 1. The first kappa shape index (κ1) is 12.9. The number of halogens is 1. The maximum atomic E-state index is 11.1. The zero-order valence-corrected chi connectivity index (χ0v) is 9.02. The molecule has 1 aromatic rings. The molecule has 0 aliphatic rings. The standard InChI is InChI=1S/C9H13N3O.ClH/c1-7-3-4-11-8(5-7)12-9(13)6-10-2;/h3-5,10H,6H2,1-2H3,(H,11,12,13);1H. The number of nitrogens with one attached hydrogen (secondary N) is 2. The zero-order valence-electron chi connectivity index (χ0n) is 8.20. The lowest BCUT2D eigenvalue weighted by Crippen LogP contribution is -2.25. The number of amides is 1. The van der Waals surface area contributed by atoms with E-state index in [9.17, 15) is 4.79 Å². The quantitative estimate of drug-likeness (QED) is 0.790. The Morgan fingerprint density at radius 2 is 2.29 bits per heavy atom. The van der Waals surface area contributed by atoms with Crippen LogP contribution in [0, 0.1) is 6.92 Å². The summed E-state index contributed by atoms with van der Waals surface area (Å²) in [5.41, 5.74) is 1.08. The van der Waals surface area contributed by atoms with Crippen LogP contribution in [0.25, 0.3) is 0 Å². The highest BCUT2D eigenvalue weighted by atomic mass is 35.5. The monoisotopic (exact) mass is 215 g/mol. The highest BCUT2D eigenvalue weighted by molar-refractivity contribution is 5.91. The van der Waals surface area contributed by atoms with E-state index in [1.165, 1.54) is 0 Å². The summed E-state index contributed by atoms with van der Waals surface area (Å²) in [5, 5.41) is 5.43. The minimum absolute atomic E-state index is 0. The number of carbonyl (C=O) groups excluding carboxylic acids is 1. The van der Waals surface area contributed by atoms with E-state index in [0.717, 1.165) is 5.56 Å². The molecule has 78 valence electrons. The molecule has 1 amide bonds. The van der Waals surface area contributed by atoms with Crippen LogP contribution in [-0.4, -0.2) is 24.5 Å². The van der Waals surface area contributed by atoms with Gasteiger partial charge >= 0.3 is 0 Å². The Morgan fingerprint density at radius 1 is 1.57 bits per heavy atom. The second kappa shape index (κ2) is 6.34. The topological polar surface area (TPSA) is 54.0 Å². The van der Waals surface area contributed by atoms with Crippen LogP contribution in [0.3, 0.4) is 0 Å². The number of nitrogens with zero attached hydrogens (tertiary/aromatic N) is 1. The van der Waals surface area contributed by atoms with E-state index in [-0.39, 0.29) is 18.3 Å². The second-order valence-electron chi connectivity index (χ2n) is 2.80. The van der Waals surface area contributed by atoms with Crippen molar-refractivity contribution in [1.82, 2.24) is 10.3 Å². The molecule has 1 heterocycles. The fraction of sp³-hybridized carbons (Fsp3) is 0.333. The number of aromatic nitrogens is 1. The van der Waals surface area contributed by atoms with Crippen LogP contribution in [0.15, 0.2) is 18.3 Å². The summed E-state index contributed by atoms with van der Waals surface area (Å²) in [6.07, 6.45) is 1.67. The molecule has 1 aromatic heterocycles. The van der Waals surface area contributed by atoms with Crippen molar-refractivity contribution in [3.63, 3.8) is 0 Å². The van der Waals surface area contributed by atoms with Crippen LogP contribution < -0.4 is 10.6 Å². The van der Waals surface area contributed by atoms with Crippen molar-refractivity contribution in [2.45, 2.75) is 6.92 Å². The molecule has 2 N–H and O–H groups in total. The van der Waals surface area contributed by atoms with Crippen LogP contribution in [0.2, 0.25) is 0 Å². The van der Waals surface area contributed by atoms with E-state index in [1.54, 1.807) is 13.2 Å². The van der Waals surface area contributed by atoms with Gasteiger partial charge in [-0.3, -0.25) is 4.79 Å². The van der Waals surface area contributed by atoms with Crippen molar-refractivity contribution >= 4 is 24.1 Å². The van der Waals surface area contributed by atoms with E-state index in [1.807, 2.05) is 19.1 Å². The summed E-state index contributed by atoms with van der Waals surface area (Å²) < 4.78 is 0. The van der Waals surface area contributed by atoms with Gasteiger partial charge in [0.1, 0.15) is 5.82 Å². The van der Waals surface area contributed by atoms with Gasteiger partial charge in [-0.15, -0.1) is 12.4 Å². The van der Waals surface area contributed by atoms with Gasteiger partial charge in [-0.1, -0.05) is 0 Å². The van der Waals surface area contributed by atoms with Gasteiger partial charge in [-0.05, 0) is 31.7 Å². The fourth-order valence-electron chi connectivity index (χ4n) is 0.952. The first-order valence-electron chi connectivity index (χ1n) is 4.09. The summed E-state index contributed by atoms with van der Waals surface area (Å²) in [4.78, 5) is 15.1. The molecule has 0 saturated carbocycles. The van der Waals surface area contributed by atoms with E-state index in [0.29, 0.717) is 12.4 Å². The van der Waals surface area contributed by atoms with E-state index >= 15 is 0 Å². The molecule has 0 saturated heterocycles. The van der Waals surface area contributed by atoms with E-state index < -0.39 is 0 Å². The van der Waals surface area contributed by atoms with E-state index in [4.69, 9.17) is 0 Å². The lowest BCUT2D eigenvalue weighted by Gasteiger charge is -2.03. The third-order valence-corrected chi connectivity index (χ3v) is 1.52. The van der Waals surface area contributed by atoms with Crippen LogP contribution in [0.4, 0.5) is 5.82 Å². The summed E-state index contributed by atoms with van der Waals surface area (Å²) in [5.74, 6) is 0.515. The molecule has 0 unspecified atom stereocenters. The second-order valence-corrected chi connectivity index (χ2v) is 2.80. The molecule has 0 aliphatic carbocycles. The summed E-state index contributed by atoms with van der Waals surface area (Å²) in [6, 6.07) is 3.71. The van der Waals surface area contributed by atoms with Gasteiger partial charge in [0, 0.05) is 6.20 Å². The lowest BCUT2D eigenvalue weighted by atomic mass is 10.3. The van der Waals surface area contributed by atoms with Crippen LogP contribution in [0.5, 0.6) is 0 Å². The number of pyridine rings is 1. The highest BCUT2D eigenvalue weighted by Gasteiger charge is 2.00. The average Bonchev–Trinajstić information content (AvgIpc) is 2.04. The first-order chi connectivity index (χ1) is 6.22. The van der Waals surface area contributed by atoms with Crippen molar-refractivity contribution in [2.24, 2.45) is 0 Å². The number of likely N-dealkylation sites (N-methyl/N-ethyl adjacent to an activating group) is 1. The predicted octanol–water partition coefficient (Wildman–Crippen LogP) is 0.970. The van der Waals surface area contributed by atoms with Crippen molar-refractivity contribution in [3.05, 3.63) is 23.9 Å². The molecule has 0 atom stereocenters. The highest BCUT2D eigenvalue weighted by Crippen LogP contribution is 2.04. The van der Waals surface area contributed by atoms with E-state index in [2.05, 4.69) is 15.6 Å².